The third kappa shape index (κ3) is 4.25. The topological polar surface area (TPSA) is 58.4 Å². The Morgan fingerprint density at radius 1 is 1.28 bits per heavy atom. The number of rotatable bonds is 7. The van der Waals surface area contributed by atoms with Crippen molar-refractivity contribution in [2.45, 2.75) is 57.9 Å². The number of nitrogens with one attached hydrogen (secondary N) is 1. The van der Waals surface area contributed by atoms with Crippen molar-refractivity contribution in [2.75, 3.05) is 26.2 Å². The van der Waals surface area contributed by atoms with Crippen molar-refractivity contribution in [3.05, 3.63) is 0 Å². The van der Waals surface area contributed by atoms with Crippen molar-refractivity contribution < 1.29 is 4.79 Å². The first-order valence-corrected chi connectivity index (χ1v) is 7.37. The Morgan fingerprint density at radius 3 is 2.72 bits per heavy atom. The molecule has 106 valence electrons. The second-order valence-corrected chi connectivity index (χ2v) is 5.54. The van der Waals surface area contributed by atoms with Crippen LogP contribution in [0, 0.1) is 0 Å². The molecule has 0 aliphatic carbocycles. The SMILES string of the molecule is CCCCCCC(C)(C(N)=O)N1CCCNCC1. The first-order valence-electron chi connectivity index (χ1n) is 7.37. The molecule has 1 amide bonds. The minimum atomic E-state index is -0.459. The molecule has 1 fully saturated rings. The molecule has 1 aliphatic heterocycles. The van der Waals surface area contributed by atoms with Gasteiger partial charge in [-0.3, -0.25) is 9.69 Å². The van der Waals surface area contributed by atoms with Crippen molar-refractivity contribution in [1.82, 2.24) is 10.2 Å². The number of primary amides is 1. The fraction of sp³-hybridized carbons (Fsp3) is 0.929. The predicted molar refractivity (Wildman–Crippen MR) is 75.4 cm³/mol. The van der Waals surface area contributed by atoms with Crippen LogP contribution in [0.2, 0.25) is 0 Å². The molecule has 1 aliphatic rings. The molecule has 0 saturated carbocycles. The van der Waals surface area contributed by atoms with Gasteiger partial charge in [-0.1, -0.05) is 32.6 Å². The van der Waals surface area contributed by atoms with Gasteiger partial charge in [0.2, 0.25) is 5.91 Å². The molecular weight excluding hydrogens is 226 g/mol. The van der Waals surface area contributed by atoms with E-state index in [0.29, 0.717) is 0 Å². The van der Waals surface area contributed by atoms with E-state index in [0.717, 1.165) is 45.4 Å². The van der Waals surface area contributed by atoms with Gasteiger partial charge < -0.3 is 11.1 Å². The zero-order valence-corrected chi connectivity index (χ0v) is 12.0. The Balaban J connectivity index is 2.56. The van der Waals surface area contributed by atoms with Gasteiger partial charge >= 0.3 is 0 Å². The quantitative estimate of drug-likeness (QED) is 0.678. The minimum absolute atomic E-state index is 0.166. The second kappa shape index (κ2) is 7.74. The van der Waals surface area contributed by atoms with Gasteiger partial charge in [-0.05, 0) is 26.3 Å². The van der Waals surface area contributed by atoms with E-state index in [2.05, 4.69) is 17.1 Å². The molecule has 0 aromatic heterocycles. The molecule has 0 radical (unpaired) electrons. The van der Waals surface area contributed by atoms with Crippen LogP contribution in [0.15, 0.2) is 0 Å². The third-order valence-corrected chi connectivity index (χ3v) is 4.09. The molecule has 4 heteroatoms. The maximum atomic E-state index is 11.9. The van der Waals surface area contributed by atoms with E-state index in [1.807, 2.05) is 6.92 Å². The molecule has 18 heavy (non-hydrogen) atoms. The normalized spacial score (nSPS) is 21.2. The highest BCUT2D eigenvalue weighted by atomic mass is 16.1. The predicted octanol–water partition coefficient (Wildman–Crippen LogP) is 1.50. The zero-order chi connectivity index (χ0) is 13.4. The van der Waals surface area contributed by atoms with Gasteiger partial charge in [0.05, 0.1) is 5.54 Å². The van der Waals surface area contributed by atoms with Crippen LogP contribution in [0.3, 0.4) is 0 Å². The lowest BCUT2D eigenvalue weighted by atomic mass is 9.91. The summed E-state index contributed by atoms with van der Waals surface area (Å²) in [7, 11) is 0. The Kier molecular flexibility index (Phi) is 6.65. The van der Waals surface area contributed by atoms with Crippen LogP contribution < -0.4 is 11.1 Å². The first kappa shape index (κ1) is 15.4. The number of unbranched alkanes of at least 4 members (excludes halogenated alkanes) is 3. The Bertz CT molecular complexity index is 249. The van der Waals surface area contributed by atoms with Gasteiger partial charge in [0, 0.05) is 19.6 Å². The summed E-state index contributed by atoms with van der Waals surface area (Å²) < 4.78 is 0. The maximum absolute atomic E-state index is 11.9. The van der Waals surface area contributed by atoms with Crippen molar-refractivity contribution in [3.8, 4) is 0 Å². The van der Waals surface area contributed by atoms with Gasteiger partial charge in [-0.2, -0.15) is 0 Å². The van der Waals surface area contributed by atoms with Crippen LogP contribution in [0.1, 0.15) is 52.4 Å². The molecule has 1 saturated heterocycles. The molecule has 4 nitrogen and oxygen atoms in total. The summed E-state index contributed by atoms with van der Waals surface area (Å²) in [6, 6.07) is 0. The summed E-state index contributed by atoms with van der Waals surface area (Å²) in [5.74, 6) is -0.166. The van der Waals surface area contributed by atoms with Crippen LogP contribution in [-0.4, -0.2) is 42.5 Å². The van der Waals surface area contributed by atoms with Crippen LogP contribution in [0.25, 0.3) is 0 Å². The van der Waals surface area contributed by atoms with Crippen LogP contribution in [0.4, 0.5) is 0 Å². The summed E-state index contributed by atoms with van der Waals surface area (Å²) in [6.07, 6.45) is 6.75. The summed E-state index contributed by atoms with van der Waals surface area (Å²) >= 11 is 0. The number of amides is 1. The number of hydrogen-bond acceptors (Lipinski definition) is 3. The molecule has 1 heterocycles. The zero-order valence-electron chi connectivity index (χ0n) is 12.0. The first-order chi connectivity index (χ1) is 8.61. The fourth-order valence-electron chi connectivity index (χ4n) is 2.67. The van der Waals surface area contributed by atoms with Gasteiger partial charge in [-0.15, -0.1) is 0 Å². The number of nitrogens with two attached hydrogens (primary N) is 1. The van der Waals surface area contributed by atoms with Crippen LogP contribution >= 0.6 is 0 Å². The summed E-state index contributed by atoms with van der Waals surface area (Å²) in [6.45, 7) is 8.12. The van der Waals surface area contributed by atoms with Gasteiger partial charge in [0.15, 0.2) is 0 Å². The molecule has 1 rings (SSSR count). The second-order valence-electron chi connectivity index (χ2n) is 5.54. The molecule has 1 atom stereocenters. The standard InChI is InChI=1S/C14H29N3O/c1-3-4-5-6-8-14(2,13(15)18)17-11-7-9-16-10-12-17/h16H,3-12H2,1-2H3,(H2,15,18). The Morgan fingerprint density at radius 2 is 2.06 bits per heavy atom. The van der Waals surface area contributed by atoms with E-state index in [4.69, 9.17) is 5.73 Å². The lowest BCUT2D eigenvalue weighted by Gasteiger charge is -2.38. The van der Waals surface area contributed by atoms with Crippen LogP contribution in [-0.2, 0) is 4.79 Å². The van der Waals surface area contributed by atoms with E-state index < -0.39 is 5.54 Å². The summed E-state index contributed by atoms with van der Waals surface area (Å²) in [4.78, 5) is 14.1. The van der Waals surface area contributed by atoms with E-state index in [1.165, 1.54) is 19.3 Å². The molecule has 3 N–H and O–H groups in total. The van der Waals surface area contributed by atoms with Gasteiger partial charge in [0.25, 0.3) is 0 Å². The highest BCUT2D eigenvalue weighted by molar-refractivity contribution is 5.84. The smallest absolute Gasteiger partial charge is 0.237 e. The van der Waals surface area contributed by atoms with Crippen molar-refractivity contribution in [1.29, 1.82) is 0 Å². The van der Waals surface area contributed by atoms with E-state index in [1.54, 1.807) is 0 Å². The van der Waals surface area contributed by atoms with Crippen molar-refractivity contribution in [3.63, 3.8) is 0 Å². The van der Waals surface area contributed by atoms with E-state index in [-0.39, 0.29) is 5.91 Å². The minimum Gasteiger partial charge on any atom is -0.368 e. The summed E-state index contributed by atoms with van der Waals surface area (Å²) in [5.41, 5.74) is 5.21. The molecule has 0 aromatic rings. The average molecular weight is 255 g/mol. The molecule has 0 aromatic carbocycles. The van der Waals surface area contributed by atoms with E-state index >= 15 is 0 Å². The Labute approximate surface area is 111 Å². The molecular formula is C14H29N3O. The van der Waals surface area contributed by atoms with Gasteiger partial charge in [0.1, 0.15) is 0 Å². The highest BCUT2D eigenvalue weighted by Crippen LogP contribution is 2.23. The molecule has 1 unspecified atom stereocenters. The lowest BCUT2D eigenvalue weighted by molar-refractivity contribution is -0.129. The Hall–Kier alpha value is -0.610. The summed E-state index contributed by atoms with van der Waals surface area (Å²) in [5, 5.41) is 3.37. The highest BCUT2D eigenvalue weighted by Gasteiger charge is 2.36. The number of carbonyl (C=O) groups is 1. The van der Waals surface area contributed by atoms with Gasteiger partial charge in [-0.25, -0.2) is 0 Å². The van der Waals surface area contributed by atoms with Crippen molar-refractivity contribution in [2.24, 2.45) is 5.73 Å². The van der Waals surface area contributed by atoms with Crippen molar-refractivity contribution >= 4 is 5.91 Å². The number of nitrogens with zero attached hydrogens (tertiary/aromatic N) is 1. The number of hydrogen-bond donors (Lipinski definition) is 2. The molecule has 0 bridgehead atoms. The average Bonchev–Trinajstić information content (AvgIpc) is 2.63. The third-order valence-electron chi connectivity index (χ3n) is 4.09. The monoisotopic (exact) mass is 255 g/mol. The maximum Gasteiger partial charge on any atom is 0.237 e. The largest absolute Gasteiger partial charge is 0.368 e. The molecule has 0 spiro atoms. The van der Waals surface area contributed by atoms with Crippen LogP contribution in [0.5, 0.6) is 0 Å². The lowest BCUT2D eigenvalue weighted by Crippen LogP contribution is -2.56. The van der Waals surface area contributed by atoms with E-state index in [9.17, 15) is 4.79 Å². The fourth-order valence-corrected chi connectivity index (χ4v) is 2.67. The number of carbonyl (C=O) groups excluding carboxylic acids is 1.